The van der Waals surface area contributed by atoms with E-state index in [2.05, 4.69) is 30.4 Å². The molecule has 2 fully saturated rings. The third kappa shape index (κ3) is 3.22. The summed E-state index contributed by atoms with van der Waals surface area (Å²) in [4.78, 5) is 24.8. The number of nitrogens with zero attached hydrogens (tertiary/aromatic N) is 6. The van der Waals surface area contributed by atoms with E-state index in [0.717, 1.165) is 18.3 Å². The fraction of sp³-hybridized carbons (Fsp3) is 0.389. The number of nitrogens with one attached hydrogen (secondary N) is 2. The quantitative estimate of drug-likeness (QED) is 0.698. The third-order valence-electron chi connectivity index (χ3n) is 5.49. The fourth-order valence-corrected chi connectivity index (χ4v) is 3.82. The van der Waals surface area contributed by atoms with Crippen LogP contribution in [0, 0.1) is 11.6 Å². The van der Waals surface area contributed by atoms with E-state index in [-0.39, 0.29) is 29.3 Å². The molecule has 9 nitrogen and oxygen atoms in total. The first-order valence-corrected chi connectivity index (χ1v) is 9.35. The normalized spacial score (nSPS) is 19.6. The van der Waals surface area contributed by atoms with Gasteiger partial charge in [0, 0.05) is 38.2 Å². The highest BCUT2D eigenvalue weighted by molar-refractivity contribution is 5.76. The molecule has 0 unspecified atom stereocenters. The van der Waals surface area contributed by atoms with Crippen LogP contribution in [0.25, 0.3) is 11.4 Å². The van der Waals surface area contributed by atoms with Crippen LogP contribution in [0.3, 0.4) is 0 Å². The lowest BCUT2D eigenvalue weighted by Gasteiger charge is -2.40. The zero-order valence-corrected chi connectivity index (χ0v) is 15.3. The predicted octanol–water partition coefficient (Wildman–Crippen LogP) is 1.88. The molecule has 29 heavy (non-hydrogen) atoms. The Morgan fingerprint density at radius 3 is 2.66 bits per heavy atom. The Kier molecular flexibility index (Phi) is 4.22. The minimum absolute atomic E-state index is 0.00687. The lowest BCUT2D eigenvalue weighted by atomic mass is 10.00. The smallest absolute Gasteiger partial charge is 0.320 e. The molecule has 2 saturated heterocycles. The van der Waals surface area contributed by atoms with Gasteiger partial charge < -0.3 is 9.80 Å². The molecule has 3 aromatic rings. The van der Waals surface area contributed by atoms with Gasteiger partial charge in [0.25, 0.3) is 0 Å². The predicted molar refractivity (Wildman–Crippen MR) is 96.8 cm³/mol. The van der Waals surface area contributed by atoms with Gasteiger partial charge >= 0.3 is 6.03 Å². The largest absolute Gasteiger partial charge is 0.324 e. The summed E-state index contributed by atoms with van der Waals surface area (Å²) in [5.41, 5.74) is 0.136. The van der Waals surface area contributed by atoms with Gasteiger partial charge in [-0.3, -0.25) is 10.2 Å². The maximum atomic E-state index is 13.9. The summed E-state index contributed by atoms with van der Waals surface area (Å²) in [5, 5.41) is 13.6. The van der Waals surface area contributed by atoms with Crippen LogP contribution in [0.2, 0.25) is 0 Å². The second kappa shape index (κ2) is 6.90. The number of benzene rings is 1. The highest BCUT2D eigenvalue weighted by atomic mass is 19.1. The molecular weight excluding hydrogens is 382 g/mol. The van der Waals surface area contributed by atoms with Crippen LogP contribution in [-0.4, -0.2) is 72.4 Å². The number of aromatic amines is 2. The molecule has 2 amide bonds. The molecule has 0 radical (unpaired) electrons. The Morgan fingerprint density at radius 1 is 1.07 bits per heavy atom. The summed E-state index contributed by atoms with van der Waals surface area (Å²) >= 11 is 0. The maximum absolute atomic E-state index is 13.9. The maximum Gasteiger partial charge on any atom is 0.320 e. The second-order valence-electron chi connectivity index (χ2n) is 7.36. The Labute approximate surface area is 164 Å². The van der Waals surface area contributed by atoms with Gasteiger partial charge in [0.15, 0.2) is 5.82 Å². The van der Waals surface area contributed by atoms with E-state index < -0.39 is 11.6 Å². The summed E-state index contributed by atoms with van der Waals surface area (Å²) in [5.74, 6) is 0.408. The molecule has 0 spiro atoms. The van der Waals surface area contributed by atoms with E-state index in [1.165, 1.54) is 18.5 Å². The number of amides is 2. The molecule has 2 N–H and O–H groups in total. The zero-order chi connectivity index (χ0) is 20.0. The molecule has 0 saturated carbocycles. The Bertz CT molecular complexity index is 1030. The molecule has 1 aromatic carbocycles. The van der Waals surface area contributed by atoms with Crippen molar-refractivity contribution in [2.45, 2.75) is 18.3 Å². The number of rotatable bonds is 3. The minimum atomic E-state index is -0.712. The van der Waals surface area contributed by atoms with Crippen molar-refractivity contribution in [1.29, 1.82) is 0 Å². The van der Waals surface area contributed by atoms with Crippen LogP contribution in [0.4, 0.5) is 13.6 Å². The van der Waals surface area contributed by atoms with E-state index in [1.54, 1.807) is 4.90 Å². The van der Waals surface area contributed by atoms with Gasteiger partial charge in [0.1, 0.15) is 29.6 Å². The highest BCUT2D eigenvalue weighted by Gasteiger charge is 2.39. The van der Waals surface area contributed by atoms with Crippen molar-refractivity contribution in [2.24, 2.45) is 0 Å². The van der Waals surface area contributed by atoms with Crippen LogP contribution in [0.15, 0.2) is 24.5 Å². The van der Waals surface area contributed by atoms with Crippen molar-refractivity contribution >= 4 is 6.03 Å². The summed E-state index contributed by atoms with van der Waals surface area (Å²) in [7, 11) is 0. The van der Waals surface area contributed by atoms with Crippen LogP contribution in [0.1, 0.15) is 29.9 Å². The monoisotopic (exact) mass is 400 g/mol. The standard InChI is InChI=1S/C18H18F2N8O/c19-12-1-2-13(14(20)5-12)17-23-16(25-26-17)11-7-28(8-11)18(29)27-4-3-10(6-27)15-21-9-22-24-15/h1-2,5,9-11H,3-4,6-8H2,(H,21,22,24)(H,23,25,26)/t10-/m0/s1. The van der Waals surface area contributed by atoms with Gasteiger partial charge in [-0.15, -0.1) is 0 Å². The average molecular weight is 400 g/mol. The number of likely N-dealkylation sites (tertiary alicyclic amines) is 2. The Morgan fingerprint density at radius 2 is 1.90 bits per heavy atom. The summed E-state index contributed by atoms with van der Waals surface area (Å²) < 4.78 is 27.0. The first-order valence-electron chi connectivity index (χ1n) is 9.35. The van der Waals surface area contributed by atoms with E-state index in [0.29, 0.717) is 32.0 Å². The third-order valence-corrected chi connectivity index (χ3v) is 5.49. The SMILES string of the molecule is O=C(N1CC(c2nc(-c3ccc(F)cc3F)n[nH]2)C1)N1CC[C@H](c2ncn[nH]2)C1. The van der Waals surface area contributed by atoms with Crippen molar-refractivity contribution < 1.29 is 13.6 Å². The molecule has 2 aliphatic rings. The lowest BCUT2D eigenvalue weighted by molar-refractivity contribution is 0.119. The topological polar surface area (TPSA) is 107 Å². The fourth-order valence-electron chi connectivity index (χ4n) is 3.82. The average Bonchev–Trinajstić information content (AvgIpc) is 3.41. The van der Waals surface area contributed by atoms with Crippen LogP contribution < -0.4 is 0 Å². The first-order chi connectivity index (χ1) is 14.1. The lowest BCUT2D eigenvalue weighted by Crippen LogP contribution is -2.53. The van der Waals surface area contributed by atoms with Crippen molar-refractivity contribution in [3.8, 4) is 11.4 Å². The van der Waals surface area contributed by atoms with Gasteiger partial charge in [0.2, 0.25) is 0 Å². The number of carbonyl (C=O) groups is 1. The van der Waals surface area contributed by atoms with Gasteiger partial charge in [0.05, 0.1) is 11.5 Å². The van der Waals surface area contributed by atoms with Crippen molar-refractivity contribution in [3.63, 3.8) is 0 Å². The molecule has 5 rings (SSSR count). The zero-order valence-electron chi connectivity index (χ0n) is 15.3. The number of aromatic nitrogens is 6. The van der Waals surface area contributed by atoms with Crippen molar-refractivity contribution in [3.05, 3.63) is 47.8 Å². The minimum Gasteiger partial charge on any atom is -0.324 e. The number of H-pyrrole nitrogens is 2. The van der Waals surface area contributed by atoms with Gasteiger partial charge in [-0.1, -0.05) is 0 Å². The molecule has 1 atom stereocenters. The van der Waals surface area contributed by atoms with E-state index in [1.807, 2.05) is 4.90 Å². The van der Waals surface area contributed by atoms with Gasteiger partial charge in [-0.25, -0.2) is 23.5 Å². The summed E-state index contributed by atoms with van der Waals surface area (Å²) in [6.45, 7) is 2.33. The number of hydrogen-bond donors (Lipinski definition) is 2. The Balaban J connectivity index is 1.19. The van der Waals surface area contributed by atoms with Crippen LogP contribution in [0.5, 0.6) is 0 Å². The number of hydrogen-bond acceptors (Lipinski definition) is 5. The van der Waals surface area contributed by atoms with E-state index >= 15 is 0 Å². The Hall–Kier alpha value is -3.37. The van der Waals surface area contributed by atoms with Crippen LogP contribution in [-0.2, 0) is 0 Å². The molecule has 150 valence electrons. The molecule has 11 heteroatoms. The van der Waals surface area contributed by atoms with Crippen LogP contribution >= 0.6 is 0 Å². The first kappa shape index (κ1) is 17.7. The molecular formula is C18H18F2N8O. The molecule has 2 aliphatic heterocycles. The second-order valence-corrected chi connectivity index (χ2v) is 7.36. The number of carbonyl (C=O) groups excluding carboxylic acids is 1. The molecule has 0 aliphatic carbocycles. The summed E-state index contributed by atoms with van der Waals surface area (Å²) in [6, 6.07) is 3.27. The highest BCUT2D eigenvalue weighted by Crippen LogP contribution is 2.30. The molecule has 2 aromatic heterocycles. The van der Waals surface area contributed by atoms with Gasteiger partial charge in [-0.05, 0) is 18.6 Å². The van der Waals surface area contributed by atoms with Crippen molar-refractivity contribution in [1.82, 2.24) is 40.2 Å². The van der Waals surface area contributed by atoms with Gasteiger partial charge in [-0.2, -0.15) is 10.2 Å². The number of urea groups is 1. The molecule has 4 heterocycles. The number of halogens is 2. The molecule has 0 bridgehead atoms. The van der Waals surface area contributed by atoms with Crippen molar-refractivity contribution in [2.75, 3.05) is 26.2 Å². The van der Waals surface area contributed by atoms with E-state index in [9.17, 15) is 13.6 Å². The summed E-state index contributed by atoms with van der Waals surface area (Å²) in [6.07, 6.45) is 2.33. The van der Waals surface area contributed by atoms with E-state index in [4.69, 9.17) is 0 Å².